The Balaban J connectivity index is 1.96. The summed E-state index contributed by atoms with van der Waals surface area (Å²) in [7, 11) is 0. The van der Waals surface area contributed by atoms with Gasteiger partial charge in [-0.25, -0.2) is 0 Å². The standard InChI is InChI=1S/C16H20ClNO/c17-15-13(19)5-4-10-9-12-11-3-1-2-6-16(11,14(10)15)7-8-18-12/h4-5,11-12,18-19H,1-3,6-9H2/t11-,12+,16+/m1/s1. The number of benzene rings is 1. The van der Waals surface area contributed by atoms with Crippen molar-refractivity contribution in [1.29, 1.82) is 0 Å². The first-order valence-electron chi connectivity index (χ1n) is 7.46. The summed E-state index contributed by atoms with van der Waals surface area (Å²) in [6, 6.07) is 4.46. The highest BCUT2D eigenvalue weighted by atomic mass is 35.5. The molecule has 0 unspecified atom stereocenters. The topological polar surface area (TPSA) is 32.3 Å². The van der Waals surface area contributed by atoms with E-state index in [0.717, 1.165) is 13.0 Å². The molecular formula is C16H20ClNO. The van der Waals surface area contributed by atoms with E-state index in [1.807, 2.05) is 0 Å². The molecule has 1 saturated heterocycles. The molecule has 2 nitrogen and oxygen atoms in total. The molecule has 0 aromatic heterocycles. The summed E-state index contributed by atoms with van der Waals surface area (Å²) in [4.78, 5) is 0. The van der Waals surface area contributed by atoms with Gasteiger partial charge in [0.25, 0.3) is 0 Å². The molecule has 19 heavy (non-hydrogen) atoms. The van der Waals surface area contributed by atoms with E-state index in [-0.39, 0.29) is 11.2 Å². The van der Waals surface area contributed by atoms with Crippen molar-refractivity contribution in [3.63, 3.8) is 0 Å². The number of hydrogen-bond acceptors (Lipinski definition) is 2. The van der Waals surface area contributed by atoms with E-state index in [4.69, 9.17) is 11.6 Å². The molecule has 2 N–H and O–H groups in total. The zero-order valence-electron chi connectivity index (χ0n) is 11.1. The van der Waals surface area contributed by atoms with E-state index < -0.39 is 0 Å². The molecule has 1 saturated carbocycles. The minimum atomic E-state index is 0.234. The van der Waals surface area contributed by atoms with Crippen LogP contribution < -0.4 is 5.32 Å². The van der Waals surface area contributed by atoms with Crippen LogP contribution in [0.15, 0.2) is 12.1 Å². The zero-order valence-corrected chi connectivity index (χ0v) is 11.8. The van der Waals surface area contributed by atoms with Gasteiger partial charge in [0.15, 0.2) is 0 Å². The summed E-state index contributed by atoms with van der Waals surface area (Å²) in [5.41, 5.74) is 2.88. The predicted octanol–water partition coefficient (Wildman–Crippen LogP) is 3.39. The van der Waals surface area contributed by atoms with Gasteiger partial charge in [0.1, 0.15) is 5.75 Å². The van der Waals surface area contributed by atoms with Gasteiger partial charge in [-0.05, 0) is 55.3 Å². The number of phenols is 1. The molecule has 2 fully saturated rings. The van der Waals surface area contributed by atoms with Gasteiger partial charge in [0.2, 0.25) is 0 Å². The molecule has 102 valence electrons. The molecule has 4 rings (SSSR count). The number of halogens is 1. The van der Waals surface area contributed by atoms with Crippen molar-refractivity contribution in [2.24, 2.45) is 5.92 Å². The SMILES string of the molecule is Oc1ccc2c(c1Cl)[C@]13CCCC[C@@H]1[C@H](C2)NCC3. The summed E-state index contributed by atoms with van der Waals surface area (Å²) in [5.74, 6) is 0.970. The fourth-order valence-corrected chi connectivity index (χ4v) is 5.36. The van der Waals surface area contributed by atoms with Crippen molar-refractivity contribution in [2.75, 3.05) is 6.54 Å². The fraction of sp³-hybridized carbons (Fsp3) is 0.625. The number of aromatic hydroxyl groups is 1. The Labute approximate surface area is 119 Å². The molecule has 1 heterocycles. The summed E-state index contributed by atoms with van der Waals surface area (Å²) >= 11 is 6.50. The van der Waals surface area contributed by atoms with Crippen LogP contribution in [0.4, 0.5) is 0 Å². The highest BCUT2D eigenvalue weighted by molar-refractivity contribution is 6.33. The molecule has 3 aliphatic rings. The second-order valence-electron chi connectivity index (χ2n) is 6.46. The normalized spacial score (nSPS) is 36.5. The van der Waals surface area contributed by atoms with Crippen LogP contribution in [0.2, 0.25) is 5.02 Å². The van der Waals surface area contributed by atoms with Gasteiger partial charge in [-0.2, -0.15) is 0 Å². The van der Waals surface area contributed by atoms with Gasteiger partial charge in [-0.1, -0.05) is 30.5 Å². The maximum absolute atomic E-state index is 10.0. The molecule has 1 aromatic carbocycles. The first-order valence-corrected chi connectivity index (χ1v) is 7.84. The maximum Gasteiger partial charge on any atom is 0.134 e. The Bertz CT molecular complexity index is 526. The summed E-state index contributed by atoms with van der Waals surface area (Å²) in [6.45, 7) is 1.09. The van der Waals surface area contributed by atoms with Crippen molar-refractivity contribution < 1.29 is 5.11 Å². The van der Waals surface area contributed by atoms with Gasteiger partial charge in [-0.15, -0.1) is 0 Å². The molecule has 1 aromatic rings. The molecule has 0 spiro atoms. The monoisotopic (exact) mass is 277 g/mol. The Kier molecular flexibility index (Phi) is 2.62. The van der Waals surface area contributed by atoms with Crippen molar-refractivity contribution in [1.82, 2.24) is 5.32 Å². The minimum Gasteiger partial charge on any atom is -0.506 e. The lowest BCUT2D eigenvalue weighted by Gasteiger charge is -2.56. The lowest BCUT2D eigenvalue weighted by molar-refractivity contribution is 0.0796. The van der Waals surface area contributed by atoms with Crippen molar-refractivity contribution in [3.8, 4) is 5.75 Å². The Morgan fingerprint density at radius 1 is 1.26 bits per heavy atom. The van der Waals surface area contributed by atoms with Crippen LogP contribution >= 0.6 is 11.6 Å². The van der Waals surface area contributed by atoms with E-state index >= 15 is 0 Å². The molecule has 3 atom stereocenters. The van der Waals surface area contributed by atoms with Gasteiger partial charge in [0.05, 0.1) is 5.02 Å². The highest BCUT2D eigenvalue weighted by Gasteiger charge is 2.52. The average molecular weight is 278 g/mol. The number of rotatable bonds is 0. The minimum absolute atomic E-state index is 0.234. The third-order valence-corrected chi connectivity index (χ3v) is 6.09. The van der Waals surface area contributed by atoms with E-state index in [1.165, 1.54) is 43.2 Å². The zero-order chi connectivity index (χ0) is 13.0. The Morgan fingerprint density at radius 3 is 3.05 bits per heavy atom. The Morgan fingerprint density at radius 2 is 2.16 bits per heavy atom. The van der Waals surface area contributed by atoms with Crippen LogP contribution in [-0.4, -0.2) is 17.7 Å². The summed E-state index contributed by atoms with van der Waals surface area (Å²) in [5, 5.41) is 14.4. The van der Waals surface area contributed by atoms with Crippen molar-refractivity contribution in [3.05, 3.63) is 28.3 Å². The predicted molar refractivity (Wildman–Crippen MR) is 76.9 cm³/mol. The number of nitrogens with one attached hydrogen (secondary N) is 1. The van der Waals surface area contributed by atoms with Gasteiger partial charge in [-0.3, -0.25) is 0 Å². The van der Waals surface area contributed by atoms with Crippen LogP contribution in [0.25, 0.3) is 0 Å². The maximum atomic E-state index is 10.0. The summed E-state index contributed by atoms with van der Waals surface area (Å²) in [6.07, 6.45) is 7.44. The number of phenolic OH excluding ortho intramolecular Hbond substituents is 1. The largest absolute Gasteiger partial charge is 0.506 e. The van der Waals surface area contributed by atoms with Crippen LogP contribution in [0.5, 0.6) is 5.75 Å². The van der Waals surface area contributed by atoms with E-state index in [9.17, 15) is 5.11 Å². The molecule has 1 aliphatic heterocycles. The Hall–Kier alpha value is -0.730. The molecule has 2 aliphatic carbocycles. The smallest absolute Gasteiger partial charge is 0.134 e. The first kappa shape index (κ1) is 12.0. The van der Waals surface area contributed by atoms with E-state index in [0.29, 0.717) is 17.0 Å². The van der Waals surface area contributed by atoms with Crippen LogP contribution in [0.3, 0.4) is 0 Å². The van der Waals surface area contributed by atoms with E-state index in [2.05, 4.69) is 11.4 Å². The fourth-order valence-electron chi connectivity index (χ4n) is 4.99. The second kappa shape index (κ2) is 4.13. The van der Waals surface area contributed by atoms with Crippen LogP contribution in [-0.2, 0) is 11.8 Å². The second-order valence-corrected chi connectivity index (χ2v) is 6.83. The first-order chi connectivity index (χ1) is 9.22. The molecule has 3 heteroatoms. The summed E-state index contributed by atoms with van der Waals surface area (Å²) < 4.78 is 0. The molecule has 2 bridgehead atoms. The van der Waals surface area contributed by atoms with Crippen molar-refractivity contribution in [2.45, 2.75) is 50.0 Å². The number of piperidine rings is 1. The quantitative estimate of drug-likeness (QED) is 0.762. The van der Waals surface area contributed by atoms with Crippen LogP contribution in [0, 0.1) is 5.92 Å². The lowest BCUT2D eigenvalue weighted by atomic mass is 9.53. The third-order valence-electron chi connectivity index (χ3n) is 5.71. The van der Waals surface area contributed by atoms with Crippen LogP contribution in [0.1, 0.15) is 43.2 Å². The highest BCUT2D eigenvalue weighted by Crippen LogP contribution is 2.56. The van der Waals surface area contributed by atoms with E-state index in [1.54, 1.807) is 6.07 Å². The van der Waals surface area contributed by atoms with Gasteiger partial charge >= 0.3 is 0 Å². The molecule has 0 radical (unpaired) electrons. The molecule has 0 amide bonds. The van der Waals surface area contributed by atoms with Crippen molar-refractivity contribution >= 4 is 11.6 Å². The van der Waals surface area contributed by atoms with Gasteiger partial charge in [0, 0.05) is 11.5 Å². The average Bonchev–Trinajstić information content (AvgIpc) is 2.42. The van der Waals surface area contributed by atoms with Gasteiger partial charge < -0.3 is 10.4 Å². The number of hydrogen-bond donors (Lipinski definition) is 2. The molecular weight excluding hydrogens is 258 g/mol. The lowest BCUT2D eigenvalue weighted by Crippen LogP contribution is -2.59. The number of fused-ring (bicyclic) bond motifs is 1. The third kappa shape index (κ3) is 1.53.